The zero-order chi connectivity index (χ0) is 22.6. The van der Waals surface area contributed by atoms with E-state index in [9.17, 15) is 14.7 Å². The number of carbonyl (C=O) groups excluding carboxylic acids is 2. The van der Waals surface area contributed by atoms with E-state index < -0.39 is 11.5 Å². The maximum atomic E-state index is 13.3. The summed E-state index contributed by atoms with van der Waals surface area (Å²) in [7, 11) is 0. The number of anilines is 1. The van der Waals surface area contributed by atoms with E-state index in [-0.39, 0.29) is 12.2 Å². The molecule has 0 aliphatic carbocycles. The number of carbonyl (C=O) groups is 2. The van der Waals surface area contributed by atoms with Crippen molar-refractivity contribution >= 4 is 23.5 Å². The zero-order valence-electron chi connectivity index (χ0n) is 17.9. The Morgan fingerprint density at radius 1 is 0.938 bits per heavy atom. The van der Waals surface area contributed by atoms with Gasteiger partial charge in [0.15, 0.2) is 11.4 Å². The molecule has 0 saturated carbocycles. The largest absolute Gasteiger partial charge is 0.375 e. The Kier molecular flexibility index (Phi) is 6.15. The molecule has 0 saturated heterocycles. The topological polar surface area (TPSA) is 57.6 Å². The van der Waals surface area contributed by atoms with E-state index in [1.165, 1.54) is 6.08 Å². The number of benzene rings is 3. The average molecular weight is 424 g/mol. The van der Waals surface area contributed by atoms with Crippen molar-refractivity contribution < 1.29 is 14.7 Å². The third-order valence-corrected chi connectivity index (χ3v) is 5.61. The summed E-state index contributed by atoms with van der Waals surface area (Å²) in [6.07, 6.45) is 6.39. The second-order valence-corrected chi connectivity index (χ2v) is 8.03. The highest BCUT2D eigenvalue weighted by Crippen LogP contribution is 2.43. The first-order valence-corrected chi connectivity index (χ1v) is 10.6. The number of aryl methyl sites for hydroxylation is 1. The molecule has 1 atom stereocenters. The van der Waals surface area contributed by atoms with Crippen molar-refractivity contribution in [2.45, 2.75) is 25.5 Å². The second-order valence-electron chi connectivity index (χ2n) is 8.03. The molecule has 1 amide bonds. The molecule has 3 aromatic carbocycles. The van der Waals surface area contributed by atoms with Gasteiger partial charge in [0, 0.05) is 5.56 Å². The molecule has 0 spiro atoms. The monoisotopic (exact) mass is 423 g/mol. The summed E-state index contributed by atoms with van der Waals surface area (Å²) < 4.78 is 0. The number of amides is 1. The molecule has 0 bridgehead atoms. The molecule has 1 N–H and O–H groups in total. The molecular formula is C28H25NO3. The number of hydrogen-bond donors (Lipinski definition) is 1. The highest BCUT2D eigenvalue weighted by molar-refractivity contribution is 6.09. The van der Waals surface area contributed by atoms with Gasteiger partial charge in [0.1, 0.15) is 0 Å². The molecule has 3 aromatic rings. The van der Waals surface area contributed by atoms with Crippen LogP contribution in [0, 0.1) is 6.92 Å². The van der Waals surface area contributed by atoms with Crippen LogP contribution in [0.15, 0.2) is 97.1 Å². The fraction of sp³-hybridized carbons (Fsp3) is 0.143. The molecule has 4 heteroatoms. The van der Waals surface area contributed by atoms with Gasteiger partial charge in [-0.3, -0.25) is 9.59 Å². The summed E-state index contributed by atoms with van der Waals surface area (Å²) in [5.74, 6) is -0.786. The Labute approximate surface area is 188 Å². The molecule has 1 aliphatic heterocycles. The van der Waals surface area contributed by atoms with E-state index in [0.29, 0.717) is 17.8 Å². The first kappa shape index (κ1) is 21.5. The van der Waals surface area contributed by atoms with E-state index in [2.05, 4.69) is 0 Å². The Hall–Kier alpha value is -3.76. The number of rotatable bonds is 7. The minimum Gasteiger partial charge on any atom is -0.375 e. The van der Waals surface area contributed by atoms with E-state index >= 15 is 0 Å². The maximum Gasteiger partial charge on any atom is 0.264 e. The Morgan fingerprint density at radius 3 is 2.38 bits per heavy atom. The summed E-state index contributed by atoms with van der Waals surface area (Å²) >= 11 is 0. The lowest BCUT2D eigenvalue weighted by molar-refractivity contribution is -0.140. The molecule has 32 heavy (non-hydrogen) atoms. The smallest absolute Gasteiger partial charge is 0.264 e. The van der Waals surface area contributed by atoms with Crippen LogP contribution in [-0.2, 0) is 21.7 Å². The summed E-state index contributed by atoms with van der Waals surface area (Å²) in [4.78, 5) is 27.5. The number of allylic oxidation sites excluding steroid dienone is 3. The van der Waals surface area contributed by atoms with Gasteiger partial charge in [0.2, 0.25) is 0 Å². The van der Waals surface area contributed by atoms with Crippen LogP contribution in [-0.4, -0.2) is 16.8 Å². The molecule has 160 valence electrons. The number of para-hydroxylation sites is 1. The molecule has 1 aliphatic rings. The summed E-state index contributed by atoms with van der Waals surface area (Å²) in [5.41, 5.74) is 2.36. The number of fused-ring (bicyclic) bond motifs is 1. The van der Waals surface area contributed by atoms with Crippen molar-refractivity contribution in [2.75, 3.05) is 4.90 Å². The molecule has 0 radical (unpaired) electrons. The van der Waals surface area contributed by atoms with Gasteiger partial charge >= 0.3 is 0 Å². The number of hydrogen-bond acceptors (Lipinski definition) is 3. The van der Waals surface area contributed by atoms with Crippen molar-refractivity contribution in [3.05, 3.63) is 119 Å². The first-order valence-electron chi connectivity index (χ1n) is 10.6. The van der Waals surface area contributed by atoms with Gasteiger partial charge in [-0.15, -0.1) is 0 Å². The van der Waals surface area contributed by atoms with Gasteiger partial charge in [-0.25, -0.2) is 0 Å². The van der Waals surface area contributed by atoms with Crippen molar-refractivity contribution in [3.8, 4) is 0 Å². The van der Waals surface area contributed by atoms with Crippen LogP contribution >= 0.6 is 0 Å². The van der Waals surface area contributed by atoms with Crippen molar-refractivity contribution in [3.63, 3.8) is 0 Å². The SMILES string of the molecule is Cc1ccc(CN2C(=O)[C@@](O)(CC(=O)/C=C/C=C/c3ccccc3)c3ccccc32)cc1. The van der Waals surface area contributed by atoms with E-state index in [1.54, 1.807) is 29.2 Å². The third kappa shape index (κ3) is 4.46. The molecular weight excluding hydrogens is 398 g/mol. The van der Waals surface area contributed by atoms with Crippen molar-refractivity contribution in [2.24, 2.45) is 0 Å². The van der Waals surface area contributed by atoms with Crippen LogP contribution in [0.4, 0.5) is 5.69 Å². The normalized spacial score (nSPS) is 17.9. The van der Waals surface area contributed by atoms with Crippen LogP contribution in [0.1, 0.15) is 28.7 Å². The van der Waals surface area contributed by atoms with Gasteiger partial charge in [0.25, 0.3) is 5.91 Å². The van der Waals surface area contributed by atoms with Gasteiger partial charge in [-0.1, -0.05) is 96.6 Å². The van der Waals surface area contributed by atoms with Crippen LogP contribution in [0.3, 0.4) is 0 Å². The molecule has 0 aromatic heterocycles. The molecule has 4 rings (SSSR count). The minimum absolute atomic E-state index is 0.303. The average Bonchev–Trinajstić information content (AvgIpc) is 3.01. The van der Waals surface area contributed by atoms with Gasteiger partial charge in [0.05, 0.1) is 18.7 Å². The van der Waals surface area contributed by atoms with Gasteiger partial charge in [-0.05, 0) is 30.2 Å². The van der Waals surface area contributed by atoms with Crippen LogP contribution in [0.2, 0.25) is 0 Å². The minimum atomic E-state index is -1.87. The Morgan fingerprint density at radius 2 is 1.62 bits per heavy atom. The molecule has 0 fully saturated rings. The summed E-state index contributed by atoms with van der Waals surface area (Å²) in [6.45, 7) is 2.34. The second kappa shape index (κ2) is 9.16. The molecule has 4 nitrogen and oxygen atoms in total. The number of aliphatic hydroxyl groups is 1. The molecule has 0 unspecified atom stereocenters. The van der Waals surface area contributed by atoms with Crippen molar-refractivity contribution in [1.82, 2.24) is 0 Å². The molecule has 1 heterocycles. The highest BCUT2D eigenvalue weighted by Gasteiger charge is 2.50. The quantitative estimate of drug-likeness (QED) is 0.432. The predicted molar refractivity (Wildman–Crippen MR) is 127 cm³/mol. The van der Waals surface area contributed by atoms with E-state index in [0.717, 1.165) is 16.7 Å². The fourth-order valence-electron chi connectivity index (χ4n) is 3.92. The third-order valence-electron chi connectivity index (χ3n) is 5.61. The van der Waals surface area contributed by atoms with Gasteiger partial charge in [-0.2, -0.15) is 0 Å². The van der Waals surface area contributed by atoms with Crippen molar-refractivity contribution in [1.29, 1.82) is 0 Å². The zero-order valence-corrected chi connectivity index (χ0v) is 17.9. The predicted octanol–water partition coefficient (Wildman–Crippen LogP) is 4.96. The van der Waals surface area contributed by atoms with Gasteiger partial charge < -0.3 is 10.0 Å². The highest BCUT2D eigenvalue weighted by atomic mass is 16.3. The Bertz CT molecular complexity index is 1180. The number of nitrogens with zero attached hydrogens (tertiary/aromatic N) is 1. The summed E-state index contributed by atoms with van der Waals surface area (Å²) in [5, 5.41) is 11.3. The summed E-state index contributed by atoms with van der Waals surface area (Å²) in [6, 6.07) is 24.8. The lowest BCUT2D eigenvalue weighted by Crippen LogP contribution is -2.41. The van der Waals surface area contributed by atoms with E-state index in [4.69, 9.17) is 0 Å². The van der Waals surface area contributed by atoms with Crippen LogP contribution in [0.25, 0.3) is 6.08 Å². The van der Waals surface area contributed by atoms with Crippen LogP contribution in [0.5, 0.6) is 0 Å². The van der Waals surface area contributed by atoms with Crippen LogP contribution < -0.4 is 4.90 Å². The standard InChI is InChI=1S/C28H25NO3/c1-21-15-17-23(18-16-21)20-29-26-14-8-7-13-25(26)28(32,27(29)31)19-24(30)12-6-5-11-22-9-3-2-4-10-22/h2-18,32H,19-20H2,1H3/b11-5+,12-6+/t28-/m1/s1. The van der Waals surface area contributed by atoms with E-state index in [1.807, 2.05) is 79.7 Å². The maximum absolute atomic E-state index is 13.3. The lowest BCUT2D eigenvalue weighted by Gasteiger charge is -2.22. The first-order chi connectivity index (χ1) is 15.5. The fourth-order valence-corrected chi connectivity index (χ4v) is 3.92. The lowest BCUT2D eigenvalue weighted by atomic mass is 9.90. The Balaban J connectivity index is 1.52. The number of ketones is 1.